The molecular weight excluding hydrogens is 436 g/mol. The monoisotopic (exact) mass is 486 g/mol. The van der Waals surface area contributed by atoms with Gasteiger partial charge in [-0.1, -0.05) is 39.8 Å². The zero-order valence-electron chi connectivity index (χ0n) is 22.9. The molecule has 5 aliphatic rings. The van der Waals surface area contributed by atoms with Gasteiger partial charge in [0.15, 0.2) is 0 Å². The van der Waals surface area contributed by atoms with E-state index in [-0.39, 0.29) is 36.1 Å². The molecule has 0 bridgehead atoms. The molecule has 5 unspecified atom stereocenters. The van der Waals surface area contributed by atoms with Gasteiger partial charge < -0.3 is 14.9 Å². The third-order valence-corrected chi connectivity index (χ3v) is 13.4. The Bertz CT molecular complexity index is 868. The topological polar surface area (TPSA) is 66.8 Å². The van der Waals surface area contributed by atoms with Gasteiger partial charge in [0, 0.05) is 0 Å². The van der Waals surface area contributed by atoms with Gasteiger partial charge in [-0.3, -0.25) is 4.79 Å². The summed E-state index contributed by atoms with van der Waals surface area (Å²) in [4.78, 5) is 13.6. The van der Waals surface area contributed by atoms with Crippen molar-refractivity contribution in [1.29, 1.82) is 0 Å². The fraction of sp³-hybridized carbons (Fsp3) is 0.903. The first-order valence-electron chi connectivity index (χ1n) is 14.6. The summed E-state index contributed by atoms with van der Waals surface area (Å²) in [6.07, 6.45) is 10.8. The standard InChI is InChI=1S/C31H50O4/c1-19(2)21-9-14-31(27(34)35-18-17-32)16-15-29(5)23(26(21)31)7-8-25-28(4)12-11-24(33)20(3)22(28)10-13-30(25,29)6/h20-26,32-33H,1,7-18H2,2-6H3/t20-,21?,22?,23?,24+,25?,26?,28+,29-,30-,31+/m1/s1. The number of ether oxygens (including phenoxy) is 1. The minimum absolute atomic E-state index is 0.0552. The van der Waals surface area contributed by atoms with E-state index in [1.165, 1.54) is 31.3 Å². The Morgan fingerprint density at radius 3 is 2.37 bits per heavy atom. The number of allylic oxidation sites excluding steroid dienone is 1. The second-order valence-electron chi connectivity index (χ2n) is 14.2. The highest BCUT2D eigenvalue weighted by atomic mass is 16.5. The lowest BCUT2D eigenvalue weighted by atomic mass is 9.33. The molecule has 0 aromatic heterocycles. The van der Waals surface area contributed by atoms with E-state index in [0.29, 0.717) is 40.9 Å². The van der Waals surface area contributed by atoms with Gasteiger partial charge in [0.05, 0.1) is 18.1 Å². The number of esters is 1. The van der Waals surface area contributed by atoms with Crippen LogP contribution in [0.3, 0.4) is 0 Å². The average Bonchev–Trinajstić information content (AvgIpc) is 3.22. The number of aliphatic hydroxyl groups is 2. The van der Waals surface area contributed by atoms with Crippen LogP contribution in [-0.2, 0) is 9.53 Å². The van der Waals surface area contributed by atoms with Crippen LogP contribution in [0, 0.1) is 57.2 Å². The Hall–Kier alpha value is -0.870. The highest BCUT2D eigenvalue weighted by Crippen LogP contribution is 2.76. The average molecular weight is 487 g/mol. The predicted octanol–water partition coefficient (Wildman–Crippen LogP) is 6.15. The van der Waals surface area contributed by atoms with Crippen molar-refractivity contribution in [2.24, 2.45) is 57.2 Å². The second kappa shape index (κ2) is 8.58. The summed E-state index contributed by atoms with van der Waals surface area (Å²) in [6.45, 7) is 16.6. The van der Waals surface area contributed by atoms with E-state index in [0.717, 1.165) is 38.5 Å². The van der Waals surface area contributed by atoms with E-state index in [9.17, 15) is 15.0 Å². The molecule has 0 saturated heterocycles. The van der Waals surface area contributed by atoms with E-state index in [4.69, 9.17) is 4.74 Å². The van der Waals surface area contributed by atoms with Crippen LogP contribution in [0.25, 0.3) is 0 Å². The van der Waals surface area contributed by atoms with E-state index >= 15 is 0 Å². The molecule has 5 rings (SSSR count). The number of aliphatic hydroxyl groups excluding tert-OH is 2. The number of fused-ring (bicyclic) bond motifs is 7. The lowest BCUT2D eigenvalue weighted by molar-refractivity contribution is -0.237. The van der Waals surface area contributed by atoms with Crippen molar-refractivity contribution in [3.63, 3.8) is 0 Å². The summed E-state index contributed by atoms with van der Waals surface area (Å²) in [5.41, 5.74) is 1.59. The van der Waals surface area contributed by atoms with Gasteiger partial charge >= 0.3 is 5.97 Å². The van der Waals surface area contributed by atoms with Crippen LogP contribution >= 0.6 is 0 Å². The summed E-state index contributed by atoms with van der Waals surface area (Å²) in [5, 5.41) is 20.0. The maximum Gasteiger partial charge on any atom is 0.312 e. The molecule has 0 aromatic rings. The lowest BCUT2D eigenvalue weighted by Gasteiger charge is -2.71. The molecule has 5 saturated carbocycles. The van der Waals surface area contributed by atoms with Gasteiger partial charge in [-0.15, -0.1) is 0 Å². The summed E-state index contributed by atoms with van der Waals surface area (Å²) in [6, 6.07) is 0. The van der Waals surface area contributed by atoms with Crippen LogP contribution in [0.1, 0.15) is 98.8 Å². The van der Waals surface area contributed by atoms with Crippen molar-refractivity contribution in [1.82, 2.24) is 0 Å². The third-order valence-electron chi connectivity index (χ3n) is 13.4. The lowest BCUT2D eigenvalue weighted by Crippen LogP contribution is -2.66. The minimum Gasteiger partial charge on any atom is -0.463 e. The summed E-state index contributed by atoms with van der Waals surface area (Å²) < 4.78 is 5.67. The predicted molar refractivity (Wildman–Crippen MR) is 138 cm³/mol. The second-order valence-corrected chi connectivity index (χ2v) is 14.2. The first kappa shape index (κ1) is 25.8. The molecule has 11 atom stereocenters. The highest BCUT2D eigenvalue weighted by molar-refractivity contribution is 5.78. The van der Waals surface area contributed by atoms with Crippen molar-refractivity contribution < 1.29 is 19.7 Å². The minimum atomic E-state index is -0.406. The molecule has 4 heteroatoms. The molecule has 0 amide bonds. The van der Waals surface area contributed by atoms with E-state index in [1.807, 2.05) is 0 Å². The summed E-state index contributed by atoms with van der Waals surface area (Å²) in [7, 11) is 0. The molecule has 5 fully saturated rings. The van der Waals surface area contributed by atoms with Gasteiger partial charge in [-0.05, 0) is 123 Å². The molecule has 2 N–H and O–H groups in total. The number of rotatable bonds is 4. The van der Waals surface area contributed by atoms with Crippen molar-refractivity contribution >= 4 is 5.97 Å². The maximum atomic E-state index is 13.6. The Labute approximate surface area is 213 Å². The quantitative estimate of drug-likeness (QED) is 0.369. The molecule has 0 aromatic carbocycles. The molecule has 5 aliphatic carbocycles. The van der Waals surface area contributed by atoms with Crippen molar-refractivity contribution in [3.05, 3.63) is 12.2 Å². The van der Waals surface area contributed by atoms with Gasteiger partial charge in [0.25, 0.3) is 0 Å². The van der Waals surface area contributed by atoms with Crippen LogP contribution in [0.2, 0.25) is 0 Å². The Morgan fingerprint density at radius 1 is 0.943 bits per heavy atom. The van der Waals surface area contributed by atoms with Crippen molar-refractivity contribution in [2.45, 2.75) is 105 Å². The zero-order chi connectivity index (χ0) is 25.4. The summed E-state index contributed by atoms with van der Waals surface area (Å²) >= 11 is 0. The molecule has 4 nitrogen and oxygen atoms in total. The normalized spacial score (nSPS) is 53.1. The zero-order valence-corrected chi connectivity index (χ0v) is 22.9. The van der Waals surface area contributed by atoms with Crippen LogP contribution < -0.4 is 0 Å². The van der Waals surface area contributed by atoms with Gasteiger partial charge in [0.2, 0.25) is 0 Å². The van der Waals surface area contributed by atoms with E-state index in [2.05, 4.69) is 41.2 Å². The van der Waals surface area contributed by atoms with E-state index in [1.54, 1.807) is 0 Å². The molecule has 0 radical (unpaired) electrons. The summed E-state index contributed by atoms with van der Waals surface area (Å²) in [5.74, 6) is 2.85. The number of carbonyl (C=O) groups excluding carboxylic acids is 1. The number of carbonyl (C=O) groups is 1. The van der Waals surface area contributed by atoms with Crippen LogP contribution in [0.5, 0.6) is 0 Å². The first-order chi connectivity index (χ1) is 16.5. The third kappa shape index (κ3) is 3.33. The molecule has 198 valence electrons. The van der Waals surface area contributed by atoms with Crippen LogP contribution in [0.4, 0.5) is 0 Å². The fourth-order valence-electron chi connectivity index (χ4n) is 11.4. The molecule has 0 spiro atoms. The number of hydrogen-bond acceptors (Lipinski definition) is 4. The van der Waals surface area contributed by atoms with Crippen molar-refractivity contribution in [3.8, 4) is 0 Å². The first-order valence-corrected chi connectivity index (χ1v) is 14.6. The van der Waals surface area contributed by atoms with Crippen LogP contribution in [-0.4, -0.2) is 35.5 Å². The SMILES string of the molecule is C=C(C)C1CC[C@]2(C(=O)OCCO)CC[C@]3(C)C(CCC4[C@@]5(C)CC[C@H](O)[C@H](C)C5CC[C@]43C)C12. The van der Waals surface area contributed by atoms with Crippen molar-refractivity contribution in [2.75, 3.05) is 13.2 Å². The molecule has 35 heavy (non-hydrogen) atoms. The Kier molecular flexibility index (Phi) is 6.32. The smallest absolute Gasteiger partial charge is 0.312 e. The Balaban J connectivity index is 1.53. The number of hydrogen-bond donors (Lipinski definition) is 2. The molecule has 0 aliphatic heterocycles. The van der Waals surface area contributed by atoms with Gasteiger partial charge in [0.1, 0.15) is 6.61 Å². The van der Waals surface area contributed by atoms with Crippen LogP contribution in [0.15, 0.2) is 12.2 Å². The maximum absolute atomic E-state index is 13.6. The largest absolute Gasteiger partial charge is 0.463 e. The van der Waals surface area contributed by atoms with E-state index < -0.39 is 5.41 Å². The highest BCUT2D eigenvalue weighted by Gasteiger charge is 2.71. The fourth-order valence-corrected chi connectivity index (χ4v) is 11.4. The molecular formula is C31H50O4. The van der Waals surface area contributed by atoms with Gasteiger partial charge in [-0.2, -0.15) is 0 Å². The van der Waals surface area contributed by atoms with Gasteiger partial charge in [-0.25, -0.2) is 0 Å². The Morgan fingerprint density at radius 2 is 1.69 bits per heavy atom. The molecule has 0 heterocycles.